The van der Waals surface area contributed by atoms with Crippen LogP contribution in [0.2, 0.25) is 0 Å². The maximum absolute atomic E-state index is 2.36. The molecule has 2 aromatic rings. The van der Waals surface area contributed by atoms with Crippen molar-refractivity contribution in [2.45, 2.75) is 64.7 Å². The second-order valence-corrected chi connectivity index (χ2v) is 7.52. The summed E-state index contributed by atoms with van der Waals surface area (Å²) >= 11 is 0. The molecule has 2 aromatic carbocycles. The van der Waals surface area contributed by atoms with Gasteiger partial charge in [-0.1, -0.05) is 89.2 Å². The summed E-state index contributed by atoms with van der Waals surface area (Å²) in [5.74, 6) is 1.25. The van der Waals surface area contributed by atoms with E-state index in [2.05, 4.69) is 89.2 Å². The van der Waals surface area contributed by atoms with Crippen molar-refractivity contribution in [3.63, 3.8) is 0 Å². The minimum absolute atomic E-state index is 0.234. The van der Waals surface area contributed by atoms with Gasteiger partial charge in [0.1, 0.15) is 0 Å². The van der Waals surface area contributed by atoms with Gasteiger partial charge in [-0.15, -0.1) is 0 Å². The zero-order valence-electron chi connectivity index (χ0n) is 14.8. The van der Waals surface area contributed by atoms with E-state index in [0.29, 0.717) is 11.8 Å². The third-order valence-corrected chi connectivity index (χ3v) is 4.75. The van der Waals surface area contributed by atoms with Crippen LogP contribution in [-0.2, 0) is 5.41 Å². The fraction of sp³-hybridized carbons (Fsp3) is 0.455. The molecule has 2 atom stereocenters. The lowest BCUT2D eigenvalue weighted by atomic mass is 9.82. The molecule has 0 heterocycles. The lowest BCUT2D eigenvalue weighted by Crippen LogP contribution is -2.11. The van der Waals surface area contributed by atoms with E-state index in [1.807, 2.05) is 0 Å². The molecule has 0 N–H and O–H groups in total. The fourth-order valence-electron chi connectivity index (χ4n) is 3.14. The van der Waals surface area contributed by atoms with E-state index in [1.54, 1.807) is 0 Å². The van der Waals surface area contributed by atoms with Crippen molar-refractivity contribution >= 4 is 0 Å². The summed E-state index contributed by atoms with van der Waals surface area (Å²) in [5, 5.41) is 0. The second-order valence-electron chi connectivity index (χ2n) is 7.52. The predicted molar refractivity (Wildman–Crippen MR) is 97.6 cm³/mol. The third kappa shape index (κ3) is 4.22. The molecule has 0 aromatic heterocycles. The van der Waals surface area contributed by atoms with Crippen molar-refractivity contribution in [2.24, 2.45) is 0 Å². The topological polar surface area (TPSA) is 0 Å². The number of rotatable bonds is 5. The normalized spacial score (nSPS) is 14.6. The molecule has 2 rings (SSSR count). The highest BCUT2D eigenvalue weighted by Crippen LogP contribution is 2.32. The molecule has 0 saturated carbocycles. The van der Waals surface area contributed by atoms with Crippen molar-refractivity contribution in [3.05, 3.63) is 71.3 Å². The Hall–Kier alpha value is -1.56. The van der Waals surface area contributed by atoms with Crippen LogP contribution < -0.4 is 0 Å². The Balaban J connectivity index is 2.09. The van der Waals surface area contributed by atoms with Crippen LogP contribution in [0.1, 0.15) is 76.0 Å². The summed E-state index contributed by atoms with van der Waals surface area (Å²) in [4.78, 5) is 0. The van der Waals surface area contributed by atoms with Crippen LogP contribution in [0.25, 0.3) is 0 Å². The van der Waals surface area contributed by atoms with Crippen LogP contribution in [0.3, 0.4) is 0 Å². The van der Waals surface area contributed by atoms with Crippen LogP contribution in [0, 0.1) is 0 Å². The van der Waals surface area contributed by atoms with Crippen molar-refractivity contribution in [1.82, 2.24) is 0 Å². The summed E-state index contributed by atoms with van der Waals surface area (Å²) in [7, 11) is 0. The molecule has 0 nitrogen and oxygen atoms in total. The molecule has 2 unspecified atom stereocenters. The highest BCUT2D eigenvalue weighted by Gasteiger charge is 2.17. The highest BCUT2D eigenvalue weighted by atomic mass is 14.2. The van der Waals surface area contributed by atoms with Gasteiger partial charge in [0.2, 0.25) is 0 Å². The van der Waals surface area contributed by atoms with Crippen LogP contribution in [0.15, 0.2) is 54.6 Å². The molecule has 0 bridgehead atoms. The minimum atomic E-state index is 0.234. The third-order valence-electron chi connectivity index (χ3n) is 4.75. The summed E-state index contributed by atoms with van der Waals surface area (Å²) in [6.45, 7) is 11.5. The van der Waals surface area contributed by atoms with Crippen molar-refractivity contribution in [3.8, 4) is 0 Å². The first kappa shape index (κ1) is 16.8. The van der Waals surface area contributed by atoms with Crippen LogP contribution in [0.5, 0.6) is 0 Å². The summed E-state index contributed by atoms with van der Waals surface area (Å²) in [6, 6.07) is 20.2. The average molecular weight is 294 g/mol. The van der Waals surface area contributed by atoms with E-state index in [0.717, 1.165) is 0 Å². The van der Waals surface area contributed by atoms with E-state index < -0.39 is 0 Å². The zero-order valence-corrected chi connectivity index (χ0v) is 14.8. The summed E-state index contributed by atoms with van der Waals surface area (Å²) in [5.41, 5.74) is 4.58. The van der Waals surface area contributed by atoms with E-state index >= 15 is 0 Å². The van der Waals surface area contributed by atoms with E-state index in [9.17, 15) is 0 Å². The largest absolute Gasteiger partial charge is 0.0648 e. The molecular formula is C22H30. The first-order valence-electron chi connectivity index (χ1n) is 8.57. The lowest BCUT2D eigenvalue weighted by Gasteiger charge is -2.23. The van der Waals surface area contributed by atoms with Crippen molar-refractivity contribution in [2.75, 3.05) is 0 Å². The quantitative estimate of drug-likeness (QED) is 0.577. The van der Waals surface area contributed by atoms with Gasteiger partial charge in [0.25, 0.3) is 0 Å². The number of hydrogen-bond donors (Lipinski definition) is 0. The maximum atomic E-state index is 2.36. The molecule has 0 aliphatic heterocycles. The van der Waals surface area contributed by atoms with E-state index in [1.165, 1.54) is 29.5 Å². The molecule has 0 heteroatoms. The second kappa shape index (κ2) is 7.13. The monoisotopic (exact) mass is 294 g/mol. The van der Waals surface area contributed by atoms with Crippen molar-refractivity contribution in [1.29, 1.82) is 0 Å². The molecule has 22 heavy (non-hydrogen) atoms. The van der Waals surface area contributed by atoms with Gasteiger partial charge in [-0.3, -0.25) is 0 Å². The first-order chi connectivity index (χ1) is 10.4. The Morgan fingerprint density at radius 1 is 0.818 bits per heavy atom. The standard InChI is InChI=1S/C22H30/c1-6-18(20-10-8-7-9-11-20)16-17(2)19-12-14-21(15-13-19)22(3,4)5/h7-15,17-18H,6,16H2,1-5H3. The molecule has 118 valence electrons. The molecule has 0 aliphatic rings. The molecule has 0 spiro atoms. The minimum Gasteiger partial charge on any atom is -0.0648 e. The van der Waals surface area contributed by atoms with Crippen molar-refractivity contribution < 1.29 is 0 Å². The van der Waals surface area contributed by atoms with Gasteiger partial charge in [0, 0.05) is 0 Å². The smallest absolute Gasteiger partial charge is 0.0132 e. The van der Waals surface area contributed by atoms with Gasteiger partial charge in [-0.25, -0.2) is 0 Å². The molecule has 0 saturated heterocycles. The van der Waals surface area contributed by atoms with Crippen LogP contribution in [0.4, 0.5) is 0 Å². The predicted octanol–water partition coefficient (Wildman–Crippen LogP) is 6.67. The SMILES string of the molecule is CCC(CC(C)c1ccc(C(C)(C)C)cc1)c1ccccc1. The molecule has 0 radical (unpaired) electrons. The highest BCUT2D eigenvalue weighted by molar-refractivity contribution is 5.30. The summed E-state index contributed by atoms with van der Waals surface area (Å²) in [6.07, 6.45) is 2.42. The van der Waals surface area contributed by atoms with Crippen LogP contribution in [-0.4, -0.2) is 0 Å². The number of benzene rings is 2. The Labute approximate surface area is 136 Å². The first-order valence-corrected chi connectivity index (χ1v) is 8.57. The summed E-state index contributed by atoms with van der Waals surface area (Å²) < 4.78 is 0. The van der Waals surface area contributed by atoms with Gasteiger partial charge in [-0.05, 0) is 46.8 Å². The van der Waals surface area contributed by atoms with E-state index in [4.69, 9.17) is 0 Å². The molecule has 0 aliphatic carbocycles. The van der Waals surface area contributed by atoms with Gasteiger partial charge in [0.05, 0.1) is 0 Å². The van der Waals surface area contributed by atoms with Crippen LogP contribution >= 0.6 is 0 Å². The molecular weight excluding hydrogens is 264 g/mol. The average Bonchev–Trinajstić information content (AvgIpc) is 2.52. The maximum Gasteiger partial charge on any atom is -0.0132 e. The Morgan fingerprint density at radius 2 is 1.41 bits per heavy atom. The Morgan fingerprint density at radius 3 is 1.91 bits per heavy atom. The van der Waals surface area contributed by atoms with Gasteiger partial charge < -0.3 is 0 Å². The number of hydrogen-bond acceptors (Lipinski definition) is 0. The fourth-order valence-corrected chi connectivity index (χ4v) is 3.14. The lowest BCUT2D eigenvalue weighted by molar-refractivity contribution is 0.543. The molecule has 0 fully saturated rings. The van der Waals surface area contributed by atoms with E-state index in [-0.39, 0.29) is 5.41 Å². The molecule has 0 amide bonds. The van der Waals surface area contributed by atoms with Gasteiger partial charge in [0.15, 0.2) is 0 Å². The zero-order chi connectivity index (χ0) is 16.2. The van der Waals surface area contributed by atoms with Gasteiger partial charge in [-0.2, -0.15) is 0 Å². The Bertz CT molecular complexity index is 557. The Kier molecular flexibility index (Phi) is 5.45. The van der Waals surface area contributed by atoms with Gasteiger partial charge >= 0.3 is 0 Å².